The van der Waals surface area contributed by atoms with Gasteiger partial charge in [0.25, 0.3) is 0 Å². The van der Waals surface area contributed by atoms with Crippen molar-refractivity contribution < 1.29 is 17.9 Å². The van der Waals surface area contributed by atoms with Gasteiger partial charge in [-0.25, -0.2) is 0 Å². The second-order valence-corrected chi connectivity index (χ2v) is 5.69. The molecular weight excluding hydrogens is 394 g/mol. The monoisotopic (exact) mass is 407 g/mol. The van der Waals surface area contributed by atoms with Gasteiger partial charge in [-0.15, -0.1) is 13.2 Å². The summed E-state index contributed by atoms with van der Waals surface area (Å²) in [6.45, 7) is 0. The van der Waals surface area contributed by atoms with Gasteiger partial charge < -0.3 is 10.5 Å². The van der Waals surface area contributed by atoms with Gasteiger partial charge in [0, 0.05) is 9.61 Å². The second kappa shape index (κ2) is 6.65. The normalized spacial score (nSPS) is 13.0. The van der Waals surface area contributed by atoms with Crippen molar-refractivity contribution in [3.63, 3.8) is 0 Å². The highest BCUT2D eigenvalue weighted by molar-refractivity contribution is 14.1. The van der Waals surface area contributed by atoms with Crippen LogP contribution in [-0.4, -0.2) is 6.36 Å². The smallest absolute Gasteiger partial charge is 0.406 e. The Balaban J connectivity index is 2.05. The van der Waals surface area contributed by atoms with E-state index in [2.05, 4.69) is 27.3 Å². The molecule has 2 aromatic carbocycles. The van der Waals surface area contributed by atoms with Crippen molar-refractivity contribution in [2.24, 2.45) is 5.73 Å². The topological polar surface area (TPSA) is 35.2 Å². The zero-order valence-corrected chi connectivity index (χ0v) is 13.1. The zero-order chi connectivity index (χ0) is 15.5. The molecule has 0 saturated carbocycles. The third kappa shape index (κ3) is 4.89. The Morgan fingerprint density at radius 2 is 1.67 bits per heavy atom. The van der Waals surface area contributed by atoms with Crippen molar-refractivity contribution in [3.8, 4) is 5.75 Å². The van der Waals surface area contributed by atoms with Gasteiger partial charge in [0.15, 0.2) is 0 Å². The highest BCUT2D eigenvalue weighted by Crippen LogP contribution is 2.25. The molecule has 21 heavy (non-hydrogen) atoms. The number of hydrogen-bond donors (Lipinski definition) is 1. The van der Waals surface area contributed by atoms with Gasteiger partial charge in [-0.1, -0.05) is 30.3 Å². The summed E-state index contributed by atoms with van der Waals surface area (Å²) in [6, 6.07) is 13.3. The molecule has 0 bridgehead atoms. The van der Waals surface area contributed by atoms with Crippen LogP contribution >= 0.6 is 22.6 Å². The number of alkyl halides is 3. The SMILES string of the molecule is NC(Cc1ccc(OC(F)(F)F)cc1)c1ccccc1I. The highest BCUT2D eigenvalue weighted by atomic mass is 127. The molecule has 0 fully saturated rings. The Hall–Kier alpha value is -1.28. The molecule has 0 aromatic heterocycles. The van der Waals surface area contributed by atoms with E-state index in [1.165, 1.54) is 12.1 Å². The summed E-state index contributed by atoms with van der Waals surface area (Å²) in [4.78, 5) is 0. The van der Waals surface area contributed by atoms with Gasteiger partial charge in [-0.05, 0) is 58.3 Å². The number of ether oxygens (including phenoxy) is 1. The molecule has 1 atom stereocenters. The van der Waals surface area contributed by atoms with E-state index in [-0.39, 0.29) is 11.8 Å². The van der Waals surface area contributed by atoms with Crippen molar-refractivity contribution in [3.05, 3.63) is 63.2 Å². The lowest BCUT2D eigenvalue weighted by Crippen LogP contribution is -2.17. The number of nitrogens with two attached hydrogens (primary N) is 1. The van der Waals surface area contributed by atoms with Gasteiger partial charge in [0.2, 0.25) is 0 Å². The quantitative estimate of drug-likeness (QED) is 0.762. The van der Waals surface area contributed by atoms with E-state index in [1.54, 1.807) is 12.1 Å². The van der Waals surface area contributed by atoms with Crippen LogP contribution in [0.15, 0.2) is 48.5 Å². The summed E-state index contributed by atoms with van der Waals surface area (Å²) in [6.07, 6.45) is -4.12. The molecule has 0 saturated heterocycles. The van der Waals surface area contributed by atoms with Gasteiger partial charge in [-0.2, -0.15) is 0 Å². The van der Waals surface area contributed by atoms with Gasteiger partial charge in [0.05, 0.1) is 0 Å². The minimum atomic E-state index is -4.67. The molecule has 2 rings (SSSR count). The Morgan fingerprint density at radius 1 is 1.05 bits per heavy atom. The third-order valence-corrected chi connectivity index (χ3v) is 3.90. The summed E-state index contributed by atoms with van der Waals surface area (Å²) >= 11 is 2.21. The van der Waals surface area contributed by atoms with Crippen LogP contribution in [0.3, 0.4) is 0 Å². The largest absolute Gasteiger partial charge is 0.573 e. The number of hydrogen-bond acceptors (Lipinski definition) is 2. The molecule has 0 aliphatic rings. The van der Waals surface area contributed by atoms with Crippen molar-refractivity contribution in [1.29, 1.82) is 0 Å². The summed E-state index contributed by atoms with van der Waals surface area (Å²) < 4.78 is 41.1. The number of halogens is 4. The molecule has 0 radical (unpaired) electrons. The van der Waals surface area contributed by atoms with Gasteiger partial charge in [-0.3, -0.25) is 0 Å². The average molecular weight is 407 g/mol. The summed E-state index contributed by atoms with van der Waals surface area (Å²) in [5, 5.41) is 0. The summed E-state index contributed by atoms with van der Waals surface area (Å²) in [7, 11) is 0. The van der Waals surface area contributed by atoms with Crippen LogP contribution in [0.4, 0.5) is 13.2 Å². The van der Waals surface area contributed by atoms with Crippen molar-refractivity contribution in [2.45, 2.75) is 18.8 Å². The fourth-order valence-corrected chi connectivity index (χ4v) is 2.75. The van der Waals surface area contributed by atoms with E-state index in [1.807, 2.05) is 24.3 Å². The Labute approximate surface area is 134 Å². The first-order valence-corrected chi connectivity index (χ1v) is 7.28. The van der Waals surface area contributed by atoms with Crippen LogP contribution in [0, 0.1) is 3.57 Å². The molecular formula is C15H13F3INO. The van der Waals surface area contributed by atoms with Crippen LogP contribution in [0.5, 0.6) is 5.75 Å². The molecule has 0 aliphatic heterocycles. The molecule has 112 valence electrons. The third-order valence-electron chi connectivity index (χ3n) is 2.92. The maximum atomic E-state index is 12.1. The zero-order valence-electron chi connectivity index (χ0n) is 10.9. The summed E-state index contributed by atoms with van der Waals surface area (Å²) in [5.41, 5.74) is 8.03. The minimum absolute atomic E-state index is 0.201. The first-order chi connectivity index (χ1) is 9.85. The van der Waals surface area contributed by atoms with E-state index >= 15 is 0 Å². The first kappa shape index (κ1) is 16.1. The molecule has 2 N–H and O–H groups in total. The highest BCUT2D eigenvalue weighted by Gasteiger charge is 2.30. The van der Waals surface area contributed by atoms with Crippen molar-refractivity contribution in [1.82, 2.24) is 0 Å². The molecule has 0 amide bonds. The minimum Gasteiger partial charge on any atom is -0.406 e. The van der Waals surface area contributed by atoms with Crippen LogP contribution in [0.25, 0.3) is 0 Å². The number of rotatable bonds is 4. The predicted molar refractivity (Wildman–Crippen MR) is 82.9 cm³/mol. The maximum absolute atomic E-state index is 12.1. The maximum Gasteiger partial charge on any atom is 0.573 e. The van der Waals surface area contributed by atoms with Gasteiger partial charge in [0.1, 0.15) is 5.75 Å². The Kier molecular flexibility index (Phi) is 5.10. The Bertz CT molecular complexity index is 599. The summed E-state index contributed by atoms with van der Waals surface area (Å²) in [5.74, 6) is -0.228. The lowest BCUT2D eigenvalue weighted by atomic mass is 10.00. The van der Waals surface area contributed by atoms with E-state index in [0.717, 1.165) is 14.7 Å². The van der Waals surface area contributed by atoms with E-state index < -0.39 is 6.36 Å². The molecule has 2 nitrogen and oxygen atoms in total. The number of benzene rings is 2. The van der Waals surface area contributed by atoms with Crippen LogP contribution < -0.4 is 10.5 Å². The standard InChI is InChI=1S/C15H13F3INO/c16-15(17,18)21-11-7-5-10(6-8-11)9-14(20)12-3-1-2-4-13(12)19/h1-8,14H,9,20H2. The van der Waals surface area contributed by atoms with Crippen LogP contribution in [0.2, 0.25) is 0 Å². The van der Waals surface area contributed by atoms with E-state index in [0.29, 0.717) is 6.42 Å². The van der Waals surface area contributed by atoms with E-state index in [9.17, 15) is 13.2 Å². The van der Waals surface area contributed by atoms with Crippen LogP contribution in [-0.2, 0) is 6.42 Å². The molecule has 0 aliphatic carbocycles. The average Bonchev–Trinajstić information content (AvgIpc) is 2.40. The molecule has 1 unspecified atom stereocenters. The van der Waals surface area contributed by atoms with Crippen molar-refractivity contribution >= 4 is 22.6 Å². The van der Waals surface area contributed by atoms with E-state index in [4.69, 9.17) is 5.73 Å². The second-order valence-electron chi connectivity index (χ2n) is 4.52. The van der Waals surface area contributed by atoms with Crippen LogP contribution in [0.1, 0.15) is 17.2 Å². The fraction of sp³-hybridized carbons (Fsp3) is 0.200. The lowest BCUT2D eigenvalue weighted by molar-refractivity contribution is -0.274. The molecule has 0 spiro atoms. The fourth-order valence-electron chi connectivity index (χ4n) is 1.97. The predicted octanol–water partition coefficient (Wildman–Crippen LogP) is 4.43. The molecule has 0 heterocycles. The lowest BCUT2D eigenvalue weighted by Gasteiger charge is -2.14. The molecule has 2 aromatic rings. The Morgan fingerprint density at radius 3 is 2.24 bits per heavy atom. The van der Waals surface area contributed by atoms with Gasteiger partial charge >= 0.3 is 6.36 Å². The first-order valence-electron chi connectivity index (χ1n) is 6.20. The van der Waals surface area contributed by atoms with Crippen molar-refractivity contribution in [2.75, 3.05) is 0 Å². The molecule has 6 heteroatoms.